The zero-order valence-electron chi connectivity index (χ0n) is 22.7. The van der Waals surface area contributed by atoms with Crippen molar-refractivity contribution in [3.63, 3.8) is 0 Å². The third kappa shape index (κ3) is 11.9. The Labute approximate surface area is 248 Å². The van der Waals surface area contributed by atoms with Gasteiger partial charge in [-0.3, -0.25) is 14.1 Å². The van der Waals surface area contributed by atoms with E-state index in [0.29, 0.717) is 0 Å². The molecular formula is C23H32N7O13P. The summed E-state index contributed by atoms with van der Waals surface area (Å²) < 4.78 is 21.4. The number of aliphatic hydroxyl groups is 2. The molecule has 2 unspecified atom stereocenters. The summed E-state index contributed by atoms with van der Waals surface area (Å²) in [7, 11) is -4.74. The number of nitrogens with two attached hydrogens (primary N) is 2. The standard InChI is InChI=1S/C11H14NO9P.2C6H9N3O2/c13-8-7(5-20-22(17,18)19)21-10(9(8)14)12-3-1-2-6(4-12)11(15)16;2*7-5(6(10)11)1-4-2-8-3-9-4/h1-4,7-10,13-14H,5H2,(H2-,15,16,17,18,19);2*2-3,5H,1,7H2,(H,8,9)(H,10,11)/t7-,8-,9-,10-;;/m1../s1. The van der Waals surface area contributed by atoms with Crippen LogP contribution in [0.25, 0.3) is 0 Å². The average Bonchev–Trinajstić information content (AvgIpc) is 3.72. The third-order valence-electron chi connectivity index (χ3n) is 5.72. The molecule has 0 bridgehead atoms. The third-order valence-corrected chi connectivity index (χ3v) is 6.21. The molecule has 44 heavy (non-hydrogen) atoms. The first kappa shape index (κ1) is 36.1. The lowest BCUT2D eigenvalue weighted by molar-refractivity contribution is -0.765. The number of nitrogens with one attached hydrogen (secondary N) is 2. The molecule has 242 valence electrons. The van der Waals surface area contributed by atoms with Gasteiger partial charge in [-0.05, 0) is 6.07 Å². The summed E-state index contributed by atoms with van der Waals surface area (Å²) in [6, 6.07) is 0.955. The second kappa shape index (κ2) is 16.7. The number of nitrogens with zero attached hydrogens (tertiary/aromatic N) is 3. The predicted molar refractivity (Wildman–Crippen MR) is 141 cm³/mol. The quantitative estimate of drug-likeness (QED) is 0.0697. The fraction of sp³-hybridized carbons (Fsp3) is 0.391. The van der Waals surface area contributed by atoms with Gasteiger partial charge in [0.15, 0.2) is 18.5 Å². The van der Waals surface area contributed by atoms with Crippen LogP contribution in [0.15, 0.2) is 49.6 Å². The first-order valence-corrected chi connectivity index (χ1v) is 14.0. The number of imidazole rings is 2. The minimum atomic E-state index is -4.74. The Hall–Kier alpha value is -4.11. The maximum Gasteiger partial charge on any atom is 0.469 e. The summed E-state index contributed by atoms with van der Waals surface area (Å²) in [4.78, 5) is 61.6. The lowest BCUT2D eigenvalue weighted by atomic mass is 10.1. The van der Waals surface area contributed by atoms with Crippen LogP contribution in [0.3, 0.4) is 0 Å². The summed E-state index contributed by atoms with van der Waals surface area (Å²) >= 11 is 0. The molecule has 3 aromatic heterocycles. The molecule has 21 heteroatoms. The fourth-order valence-electron chi connectivity index (χ4n) is 3.50. The van der Waals surface area contributed by atoms with Crippen molar-refractivity contribution in [2.24, 2.45) is 11.5 Å². The summed E-state index contributed by atoms with van der Waals surface area (Å²) in [5.74, 6) is -3.43. The van der Waals surface area contributed by atoms with Gasteiger partial charge in [0.2, 0.25) is 0 Å². The van der Waals surface area contributed by atoms with Crippen molar-refractivity contribution in [3.8, 4) is 0 Å². The predicted octanol–water partition coefficient (Wildman–Crippen LogP) is -4.21. The molecule has 0 amide bonds. The topological polar surface area (TPSA) is 344 Å². The minimum Gasteiger partial charge on any atom is -0.545 e. The maximum atomic E-state index is 10.8. The van der Waals surface area contributed by atoms with Crippen molar-refractivity contribution < 1.29 is 68.1 Å². The molecule has 1 saturated heterocycles. The molecule has 4 heterocycles. The molecule has 0 radical (unpaired) electrons. The zero-order valence-corrected chi connectivity index (χ0v) is 23.6. The van der Waals surface area contributed by atoms with E-state index >= 15 is 0 Å². The Kier molecular flexibility index (Phi) is 13.7. The van der Waals surface area contributed by atoms with Gasteiger partial charge < -0.3 is 66.3 Å². The molecule has 4 rings (SSSR count). The van der Waals surface area contributed by atoms with Crippen molar-refractivity contribution in [1.82, 2.24) is 19.9 Å². The smallest absolute Gasteiger partial charge is 0.469 e. The van der Waals surface area contributed by atoms with Crippen molar-refractivity contribution in [2.75, 3.05) is 6.61 Å². The number of phosphoric acid groups is 1. The second-order valence-corrected chi connectivity index (χ2v) is 10.4. The summed E-state index contributed by atoms with van der Waals surface area (Å²) in [5, 5.41) is 47.4. The highest BCUT2D eigenvalue weighted by Crippen LogP contribution is 2.37. The largest absolute Gasteiger partial charge is 0.545 e. The number of aromatic carboxylic acids is 1. The van der Waals surface area contributed by atoms with E-state index in [4.69, 9.17) is 36.2 Å². The molecule has 0 aliphatic carbocycles. The van der Waals surface area contributed by atoms with E-state index in [1.54, 1.807) is 12.4 Å². The van der Waals surface area contributed by atoms with E-state index in [-0.39, 0.29) is 18.4 Å². The highest BCUT2D eigenvalue weighted by molar-refractivity contribution is 7.46. The number of carboxylic acid groups (broad SMARTS) is 3. The normalized spacial score (nSPS) is 20.8. The van der Waals surface area contributed by atoms with Crippen molar-refractivity contribution >= 4 is 25.7 Å². The van der Waals surface area contributed by atoms with Crippen LogP contribution in [0, 0.1) is 0 Å². The second-order valence-electron chi connectivity index (χ2n) is 9.11. The van der Waals surface area contributed by atoms with Gasteiger partial charge in [0, 0.05) is 42.7 Å². The molecular weight excluding hydrogens is 613 g/mol. The number of aromatic nitrogens is 5. The Morgan fingerprint density at radius 1 is 1.02 bits per heavy atom. The number of pyridine rings is 1. The average molecular weight is 646 g/mol. The fourth-order valence-corrected chi connectivity index (χ4v) is 3.84. The Morgan fingerprint density at radius 3 is 1.95 bits per heavy atom. The number of aliphatic hydroxyl groups excluding tert-OH is 2. The van der Waals surface area contributed by atoms with E-state index in [0.717, 1.165) is 17.6 Å². The molecule has 3 aromatic rings. The van der Waals surface area contributed by atoms with E-state index in [9.17, 15) is 34.3 Å². The molecule has 6 atom stereocenters. The van der Waals surface area contributed by atoms with Crippen molar-refractivity contribution in [3.05, 3.63) is 66.5 Å². The van der Waals surface area contributed by atoms with E-state index in [2.05, 4.69) is 24.5 Å². The van der Waals surface area contributed by atoms with Gasteiger partial charge in [0.25, 0.3) is 6.23 Å². The molecule has 20 nitrogen and oxygen atoms in total. The van der Waals surface area contributed by atoms with Crippen LogP contribution in [0.5, 0.6) is 0 Å². The number of phosphoric ester groups is 1. The number of carbonyl (C=O) groups is 3. The molecule has 0 saturated carbocycles. The van der Waals surface area contributed by atoms with Crippen LogP contribution in [0.2, 0.25) is 0 Å². The zero-order chi connectivity index (χ0) is 33.0. The maximum absolute atomic E-state index is 10.8. The molecule has 1 fully saturated rings. The summed E-state index contributed by atoms with van der Waals surface area (Å²) in [6.45, 7) is -0.639. The molecule has 0 spiro atoms. The van der Waals surface area contributed by atoms with Gasteiger partial charge in [0.05, 0.1) is 30.8 Å². The van der Waals surface area contributed by atoms with E-state index < -0.39 is 69.0 Å². The van der Waals surface area contributed by atoms with Crippen LogP contribution in [-0.4, -0.2) is 105 Å². The number of aromatic amines is 2. The van der Waals surface area contributed by atoms with Crippen LogP contribution >= 0.6 is 7.82 Å². The SMILES string of the molecule is NC(Cc1cnc[nH]1)C(=O)O.NC(Cc1cnc[nH]1)C(=O)O.O=C([O-])c1ccc[n+]([C@@H]2O[C@H](COP(=O)(O)O)[C@@H](O)[C@H]2O)c1. The van der Waals surface area contributed by atoms with Gasteiger partial charge in [-0.15, -0.1) is 0 Å². The van der Waals surface area contributed by atoms with Crippen LogP contribution < -0.4 is 21.1 Å². The van der Waals surface area contributed by atoms with Gasteiger partial charge in [-0.2, -0.15) is 4.57 Å². The van der Waals surface area contributed by atoms with Crippen molar-refractivity contribution in [1.29, 1.82) is 0 Å². The Balaban J connectivity index is 0.000000257. The molecule has 12 N–H and O–H groups in total. The first-order chi connectivity index (χ1) is 20.6. The molecule has 1 aliphatic heterocycles. The first-order valence-electron chi connectivity index (χ1n) is 12.4. The number of hydrogen-bond donors (Lipinski definition) is 10. The Morgan fingerprint density at radius 2 is 1.55 bits per heavy atom. The van der Waals surface area contributed by atoms with Gasteiger partial charge in [0.1, 0.15) is 24.3 Å². The lowest BCUT2D eigenvalue weighted by Crippen LogP contribution is -2.46. The van der Waals surface area contributed by atoms with Gasteiger partial charge in [-0.1, -0.05) is 0 Å². The number of H-pyrrole nitrogens is 2. The number of ether oxygens (including phenoxy) is 1. The summed E-state index contributed by atoms with van der Waals surface area (Å²) in [6.07, 6.45) is 3.99. The number of rotatable bonds is 11. The highest BCUT2D eigenvalue weighted by atomic mass is 31.2. The van der Waals surface area contributed by atoms with E-state index in [1.165, 1.54) is 35.6 Å². The monoisotopic (exact) mass is 645 g/mol. The lowest BCUT2D eigenvalue weighted by Gasteiger charge is -2.13. The van der Waals surface area contributed by atoms with Gasteiger partial charge >= 0.3 is 19.8 Å². The summed E-state index contributed by atoms with van der Waals surface area (Å²) in [5.41, 5.74) is 11.8. The van der Waals surface area contributed by atoms with Gasteiger partial charge in [-0.25, -0.2) is 14.5 Å². The number of carboxylic acids is 3. The molecule has 1 aliphatic rings. The minimum absolute atomic E-state index is 0.164. The number of aliphatic carboxylic acids is 2. The number of hydrogen-bond acceptors (Lipinski definition) is 13. The van der Waals surface area contributed by atoms with Crippen LogP contribution in [0.4, 0.5) is 0 Å². The van der Waals surface area contributed by atoms with Crippen molar-refractivity contribution in [2.45, 2.75) is 49.5 Å². The van der Waals surface area contributed by atoms with Crippen LogP contribution in [0.1, 0.15) is 28.0 Å². The highest BCUT2D eigenvalue weighted by Gasteiger charge is 2.48. The molecule has 0 aromatic carbocycles. The number of carbonyl (C=O) groups excluding carboxylic acids is 1. The van der Waals surface area contributed by atoms with E-state index in [1.807, 2.05) is 0 Å². The Bertz CT molecular complexity index is 1330. The van der Waals surface area contributed by atoms with Crippen LogP contribution in [-0.2, 0) is 36.3 Å².